The summed E-state index contributed by atoms with van der Waals surface area (Å²) in [4.78, 5) is 37.6. The van der Waals surface area contributed by atoms with Crippen LogP contribution < -0.4 is 15.5 Å². The number of anilines is 2. The highest BCUT2D eigenvalue weighted by molar-refractivity contribution is 9.10. The van der Waals surface area contributed by atoms with Crippen LogP contribution in [0.4, 0.5) is 20.6 Å². The molecule has 1 fully saturated rings. The van der Waals surface area contributed by atoms with Crippen LogP contribution in [0.2, 0.25) is 0 Å². The molecule has 0 saturated carbocycles. The van der Waals surface area contributed by atoms with Gasteiger partial charge >= 0.3 is 6.09 Å². The number of carbonyl (C=O) groups excluding carboxylic acids is 3. The normalized spacial score (nSPS) is 13.2. The number of amides is 3. The molecule has 0 aromatic heterocycles. The number of ether oxygens (including phenoxy) is 1. The molecule has 2 aromatic carbocycles. The zero-order valence-electron chi connectivity index (χ0n) is 14.7. The molecule has 0 radical (unpaired) electrons. The van der Waals surface area contributed by atoms with Gasteiger partial charge in [0.2, 0.25) is 5.91 Å². The lowest BCUT2D eigenvalue weighted by Crippen LogP contribution is -2.29. The fourth-order valence-electron chi connectivity index (χ4n) is 2.70. The third kappa shape index (κ3) is 4.66. The molecule has 0 aliphatic carbocycles. The van der Waals surface area contributed by atoms with Crippen LogP contribution in [0.1, 0.15) is 16.8 Å². The van der Waals surface area contributed by atoms with Gasteiger partial charge in [0.15, 0.2) is 0 Å². The third-order valence-electron chi connectivity index (χ3n) is 4.04. The molecule has 1 heterocycles. The van der Waals surface area contributed by atoms with Crippen molar-refractivity contribution < 1.29 is 23.5 Å². The average Bonchev–Trinajstić information content (AvgIpc) is 3.10. The molecule has 0 unspecified atom stereocenters. The number of carbonyl (C=O) groups is 3. The van der Waals surface area contributed by atoms with E-state index in [1.165, 1.54) is 17.0 Å². The van der Waals surface area contributed by atoms with Gasteiger partial charge in [-0.05, 0) is 46.3 Å². The smallest absolute Gasteiger partial charge is 0.414 e. The van der Waals surface area contributed by atoms with Gasteiger partial charge in [-0.2, -0.15) is 0 Å². The second-order valence-corrected chi connectivity index (χ2v) is 6.82. The lowest BCUT2D eigenvalue weighted by Gasteiger charge is -2.17. The maximum Gasteiger partial charge on any atom is 0.414 e. The Bertz CT molecular complexity index is 922. The quantitative estimate of drug-likeness (QED) is 0.707. The lowest BCUT2D eigenvalue weighted by molar-refractivity contribution is -0.116. The Morgan fingerprint density at radius 1 is 1.21 bits per heavy atom. The number of para-hydroxylation sites is 2. The Kier molecular flexibility index (Phi) is 6.25. The molecule has 2 aromatic rings. The minimum Gasteiger partial charge on any atom is -0.447 e. The van der Waals surface area contributed by atoms with Crippen molar-refractivity contribution in [3.05, 3.63) is 58.3 Å². The Labute approximate surface area is 169 Å². The molecule has 1 aliphatic heterocycles. The highest BCUT2D eigenvalue weighted by Gasteiger charge is 2.25. The Hall–Kier alpha value is -2.94. The molecular formula is C19H17BrFN3O4. The third-order valence-corrected chi connectivity index (χ3v) is 4.73. The van der Waals surface area contributed by atoms with Gasteiger partial charge in [0.25, 0.3) is 5.91 Å². The van der Waals surface area contributed by atoms with E-state index in [1.54, 1.807) is 24.3 Å². The summed E-state index contributed by atoms with van der Waals surface area (Å²) in [6.45, 7) is 0.772. The molecule has 9 heteroatoms. The predicted octanol–water partition coefficient (Wildman–Crippen LogP) is 3.30. The molecule has 3 amide bonds. The second-order valence-electron chi connectivity index (χ2n) is 5.96. The maximum atomic E-state index is 13.3. The number of rotatable bonds is 6. The molecule has 0 atom stereocenters. The minimum atomic E-state index is -0.525. The van der Waals surface area contributed by atoms with Gasteiger partial charge in [-0.1, -0.05) is 12.1 Å². The number of nitrogens with zero attached hydrogens (tertiary/aromatic N) is 1. The minimum absolute atomic E-state index is 0.0114. The van der Waals surface area contributed by atoms with Gasteiger partial charge in [0.05, 0.1) is 23.5 Å². The van der Waals surface area contributed by atoms with Gasteiger partial charge < -0.3 is 15.4 Å². The monoisotopic (exact) mass is 449 g/mol. The van der Waals surface area contributed by atoms with E-state index >= 15 is 0 Å². The van der Waals surface area contributed by atoms with Crippen LogP contribution in [-0.4, -0.2) is 37.6 Å². The zero-order chi connectivity index (χ0) is 20.1. The van der Waals surface area contributed by atoms with Crippen molar-refractivity contribution in [2.45, 2.75) is 6.42 Å². The fraction of sp³-hybridized carbons (Fsp3) is 0.211. The van der Waals surface area contributed by atoms with Gasteiger partial charge in [-0.3, -0.25) is 14.5 Å². The summed E-state index contributed by atoms with van der Waals surface area (Å²) < 4.78 is 18.7. The van der Waals surface area contributed by atoms with Crippen LogP contribution >= 0.6 is 15.9 Å². The first kappa shape index (κ1) is 19.8. The summed E-state index contributed by atoms with van der Waals surface area (Å²) in [5.41, 5.74) is 1.18. The van der Waals surface area contributed by atoms with Crippen molar-refractivity contribution in [2.75, 3.05) is 29.9 Å². The van der Waals surface area contributed by atoms with Crippen LogP contribution in [-0.2, 0) is 9.53 Å². The van der Waals surface area contributed by atoms with Crippen LogP contribution in [0.25, 0.3) is 0 Å². The van der Waals surface area contributed by atoms with Crippen molar-refractivity contribution >= 4 is 45.2 Å². The molecule has 1 aliphatic rings. The van der Waals surface area contributed by atoms with Crippen LogP contribution in [0.3, 0.4) is 0 Å². The first-order chi connectivity index (χ1) is 13.5. The average molecular weight is 450 g/mol. The number of hydrogen-bond acceptors (Lipinski definition) is 4. The molecule has 3 rings (SSSR count). The highest BCUT2D eigenvalue weighted by Crippen LogP contribution is 2.28. The maximum absolute atomic E-state index is 13.3. The fourth-order valence-corrected chi connectivity index (χ4v) is 3.12. The summed E-state index contributed by atoms with van der Waals surface area (Å²) >= 11 is 3.19. The molecule has 146 valence electrons. The first-order valence-electron chi connectivity index (χ1n) is 8.52. The molecule has 1 saturated heterocycles. The molecule has 0 bridgehead atoms. The van der Waals surface area contributed by atoms with Gasteiger partial charge in [-0.15, -0.1) is 0 Å². The van der Waals surface area contributed by atoms with Crippen LogP contribution in [0.15, 0.2) is 46.9 Å². The van der Waals surface area contributed by atoms with E-state index in [-0.39, 0.29) is 24.4 Å². The van der Waals surface area contributed by atoms with Crippen LogP contribution in [0.5, 0.6) is 0 Å². The molecule has 28 heavy (non-hydrogen) atoms. The van der Waals surface area contributed by atoms with E-state index < -0.39 is 17.8 Å². The van der Waals surface area contributed by atoms with E-state index in [1.807, 2.05) is 0 Å². The number of hydrogen-bond donors (Lipinski definition) is 2. The van der Waals surface area contributed by atoms with Crippen molar-refractivity contribution in [1.82, 2.24) is 5.32 Å². The van der Waals surface area contributed by atoms with E-state index in [0.29, 0.717) is 29.0 Å². The molecule has 7 nitrogen and oxygen atoms in total. The summed E-state index contributed by atoms with van der Waals surface area (Å²) in [5, 5.41) is 5.31. The van der Waals surface area contributed by atoms with Gasteiger partial charge in [0.1, 0.15) is 12.4 Å². The largest absolute Gasteiger partial charge is 0.447 e. The Balaban J connectivity index is 1.56. The van der Waals surface area contributed by atoms with Gasteiger partial charge in [0, 0.05) is 17.4 Å². The summed E-state index contributed by atoms with van der Waals surface area (Å²) in [6, 6.07) is 10.7. The highest BCUT2D eigenvalue weighted by atomic mass is 79.9. The van der Waals surface area contributed by atoms with E-state index in [2.05, 4.69) is 26.6 Å². The number of cyclic esters (lactones) is 1. The van der Waals surface area contributed by atoms with E-state index in [0.717, 1.165) is 6.07 Å². The lowest BCUT2D eigenvalue weighted by atomic mass is 10.2. The standard InChI is InChI=1S/C19H17BrFN3O4/c20-14-6-5-12(21)11-13(14)18(26)22-8-7-17(25)23-15-3-1-2-4-16(15)24-9-10-28-19(24)27/h1-6,11H,7-10H2,(H,22,26)(H,23,25). The molecular weight excluding hydrogens is 433 g/mol. The SMILES string of the molecule is O=C(CCNC(=O)c1cc(F)ccc1Br)Nc1ccccc1N1CCOC1=O. The second kappa shape index (κ2) is 8.83. The Morgan fingerprint density at radius 2 is 2.00 bits per heavy atom. The van der Waals surface area contributed by atoms with Crippen molar-refractivity contribution in [3.63, 3.8) is 0 Å². The van der Waals surface area contributed by atoms with Gasteiger partial charge in [-0.25, -0.2) is 9.18 Å². The summed E-state index contributed by atoms with van der Waals surface area (Å²) in [7, 11) is 0. The number of benzene rings is 2. The van der Waals surface area contributed by atoms with Crippen molar-refractivity contribution in [3.8, 4) is 0 Å². The summed E-state index contributed by atoms with van der Waals surface area (Å²) in [5.74, 6) is -1.35. The topological polar surface area (TPSA) is 87.7 Å². The predicted molar refractivity (Wildman–Crippen MR) is 105 cm³/mol. The number of halogens is 2. The zero-order valence-corrected chi connectivity index (χ0v) is 16.3. The molecule has 0 spiro atoms. The Morgan fingerprint density at radius 3 is 2.75 bits per heavy atom. The molecule has 2 N–H and O–H groups in total. The van der Waals surface area contributed by atoms with Crippen molar-refractivity contribution in [1.29, 1.82) is 0 Å². The number of nitrogens with one attached hydrogen (secondary N) is 2. The summed E-state index contributed by atoms with van der Waals surface area (Å²) in [6.07, 6.45) is -0.452. The van der Waals surface area contributed by atoms with Crippen molar-refractivity contribution in [2.24, 2.45) is 0 Å². The first-order valence-corrected chi connectivity index (χ1v) is 9.31. The van der Waals surface area contributed by atoms with E-state index in [9.17, 15) is 18.8 Å². The van der Waals surface area contributed by atoms with Crippen LogP contribution in [0, 0.1) is 5.82 Å². The van der Waals surface area contributed by atoms with E-state index in [4.69, 9.17) is 4.74 Å².